The van der Waals surface area contributed by atoms with E-state index in [0.29, 0.717) is 6.61 Å². The van der Waals surface area contributed by atoms with Gasteiger partial charge < -0.3 is 4.74 Å². The first-order chi connectivity index (χ1) is 8.89. The lowest BCUT2D eigenvalue weighted by molar-refractivity contribution is -0.136. The second-order valence-corrected chi connectivity index (χ2v) is 5.08. The Kier molecular flexibility index (Phi) is 9.34. The van der Waals surface area contributed by atoms with Crippen molar-refractivity contribution in [2.75, 3.05) is 6.61 Å². The van der Waals surface area contributed by atoms with Gasteiger partial charge in [0.25, 0.3) is 0 Å². The molecule has 1 aliphatic heterocycles. The summed E-state index contributed by atoms with van der Waals surface area (Å²) in [7, 11) is 0. The van der Waals surface area contributed by atoms with E-state index in [-0.39, 0.29) is 5.97 Å². The maximum atomic E-state index is 11.2. The van der Waals surface area contributed by atoms with Crippen molar-refractivity contribution in [3.05, 3.63) is 0 Å². The third-order valence-corrected chi connectivity index (χ3v) is 3.37. The van der Waals surface area contributed by atoms with Gasteiger partial charge in [-0.2, -0.15) is 0 Å². The van der Waals surface area contributed by atoms with E-state index >= 15 is 0 Å². The van der Waals surface area contributed by atoms with E-state index in [4.69, 9.17) is 4.74 Å². The summed E-state index contributed by atoms with van der Waals surface area (Å²) in [5.74, 6) is 5.12. The number of hydrogen-bond acceptors (Lipinski definition) is 2. The lowest BCUT2D eigenvalue weighted by Crippen LogP contribution is -2.02. The molecule has 102 valence electrons. The van der Waals surface area contributed by atoms with Crippen molar-refractivity contribution in [3.63, 3.8) is 0 Å². The fourth-order valence-corrected chi connectivity index (χ4v) is 2.24. The molecule has 0 aromatic rings. The highest BCUT2D eigenvalue weighted by Gasteiger charge is 1.98. The summed E-state index contributed by atoms with van der Waals surface area (Å²) in [6.07, 6.45) is 14.7. The van der Waals surface area contributed by atoms with Crippen molar-refractivity contribution in [1.29, 1.82) is 0 Å². The summed E-state index contributed by atoms with van der Waals surface area (Å²) in [6, 6.07) is 0. The van der Waals surface area contributed by atoms with Gasteiger partial charge in [0, 0.05) is 12.3 Å². The molecule has 0 aromatic carbocycles. The molecule has 0 saturated heterocycles. The third-order valence-electron chi connectivity index (χ3n) is 3.37. The molecule has 0 fully saturated rings. The normalized spacial score (nSPS) is 21.2. The minimum Gasteiger partial charge on any atom is -0.456 e. The summed E-state index contributed by atoms with van der Waals surface area (Å²) in [4.78, 5) is 11.2. The van der Waals surface area contributed by atoms with Crippen molar-refractivity contribution in [1.82, 2.24) is 0 Å². The lowest BCUT2D eigenvalue weighted by atomic mass is 10.1. The molecule has 0 bridgehead atoms. The molecule has 0 saturated carbocycles. The molecule has 0 aliphatic carbocycles. The van der Waals surface area contributed by atoms with Crippen molar-refractivity contribution in [2.45, 2.75) is 77.0 Å². The first kappa shape index (κ1) is 15.1. The molecule has 18 heavy (non-hydrogen) atoms. The van der Waals surface area contributed by atoms with E-state index in [1.54, 1.807) is 0 Å². The molecule has 1 heterocycles. The number of rotatable bonds is 0. The maximum Gasteiger partial charge on any atom is 0.384 e. The topological polar surface area (TPSA) is 26.3 Å². The van der Waals surface area contributed by atoms with E-state index in [1.807, 2.05) is 0 Å². The molecular weight excluding hydrogens is 224 g/mol. The zero-order chi connectivity index (χ0) is 12.9. The molecule has 0 unspecified atom stereocenters. The van der Waals surface area contributed by atoms with E-state index in [2.05, 4.69) is 11.8 Å². The molecule has 2 heteroatoms. The molecule has 1 aliphatic rings. The zero-order valence-corrected chi connectivity index (χ0v) is 11.5. The number of cyclic esters (lactones) is 1. The molecule has 0 N–H and O–H groups in total. The smallest absolute Gasteiger partial charge is 0.384 e. The number of hydrogen-bond donors (Lipinski definition) is 0. The zero-order valence-electron chi connectivity index (χ0n) is 11.5. The van der Waals surface area contributed by atoms with Gasteiger partial charge in [-0.05, 0) is 12.8 Å². The predicted molar refractivity (Wildman–Crippen MR) is 74.1 cm³/mol. The van der Waals surface area contributed by atoms with Crippen LogP contribution in [0.1, 0.15) is 77.0 Å². The van der Waals surface area contributed by atoms with Crippen LogP contribution in [0, 0.1) is 11.8 Å². The van der Waals surface area contributed by atoms with Gasteiger partial charge in [-0.3, -0.25) is 0 Å². The van der Waals surface area contributed by atoms with Crippen molar-refractivity contribution >= 4 is 5.97 Å². The highest BCUT2D eigenvalue weighted by Crippen LogP contribution is 2.12. The van der Waals surface area contributed by atoms with Gasteiger partial charge in [0.05, 0.1) is 6.61 Å². The fourth-order valence-electron chi connectivity index (χ4n) is 2.24. The summed E-state index contributed by atoms with van der Waals surface area (Å²) >= 11 is 0. The van der Waals surface area contributed by atoms with Gasteiger partial charge in [0.2, 0.25) is 0 Å². The molecule has 1 rings (SSSR count). The highest BCUT2D eigenvalue weighted by molar-refractivity contribution is 5.88. The van der Waals surface area contributed by atoms with Gasteiger partial charge in [-0.15, -0.1) is 0 Å². The highest BCUT2D eigenvalue weighted by atomic mass is 16.5. The minimum atomic E-state index is -0.348. The molecule has 0 aromatic heterocycles. The summed E-state index contributed by atoms with van der Waals surface area (Å²) in [6.45, 7) is 0.535. The molecule has 0 amide bonds. The van der Waals surface area contributed by atoms with Crippen LogP contribution in [0.5, 0.6) is 0 Å². The lowest BCUT2D eigenvalue weighted by Gasteiger charge is -2.02. The third kappa shape index (κ3) is 9.10. The number of carbonyl (C=O) groups excluding carboxylic acids is 1. The molecule has 0 atom stereocenters. The second-order valence-electron chi connectivity index (χ2n) is 5.08. The Morgan fingerprint density at radius 2 is 1.22 bits per heavy atom. The second kappa shape index (κ2) is 11.1. The minimum absolute atomic E-state index is 0.348. The Hall–Kier alpha value is -0.970. The average Bonchev–Trinajstić information content (AvgIpc) is 2.37. The van der Waals surface area contributed by atoms with Crippen LogP contribution in [0.2, 0.25) is 0 Å². The van der Waals surface area contributed by atoms with Crippen LogP contribution >= 0.6 is 0 Å². The molecule has 0 spiro atoms. The fraction of sp³-hybridized carbons (Fsp3) is 0.812. The van der Waals surface area contributed by atoms with Gasteiger partial charge in [0.15, 0.2) is 0 Å². The van der Waals surface area contributed by atoms with E-state index < -0.39 is 0 Å². The Morgan fingerprint density at radius 3 is 1.83 bits per heavy atom. The van der Waals surface area contributed by atoms with Crippen LogP contribution in [0.25, 0.3) is 0 Å². The van der Waals surface area contributed by atoms with Crippen LogP contribution in [-0.4, -0.2) is 12.6 Å². The van der Waals surface area contributed by atoms with Crippen molar-refractivity contribution < 1.29 is 9.53 Å². The first-order valence-electron chi connectivity index (χ1n) is 7.55. The SMILES string of the molecule is O=C1C#CCCCCCCCCCCCCCO1. The van der Waals surface area contributed by atoms with Gasteiger partial charge in [0.1, 0.15) is 0 Å². The molecule has 0 radical (unpaired) electrons. The van der Waals surface area contributed by atoms with Crippen LogP contribution < -0.4 is 0 Å². The number of esters is 1. The van der Waals surface area contributed by atoms with Crippen LogP contribution in [0.4, 0.5) is 0 Å². The standard InChI is InChI=1S/C16H26O2/c17-16-14-12-10-8-6-4-2-1-3-5-7-9-11-13-15-18-16/h1-11,13,15H2. The average molecular weight is 250 g/mol. The van der Waals surface area contributed by atoms with Gasteiger partial charge in [-0.1, -0.05) is 63.7 Å². The van der Waals surface area contributed by atoms with Gasteiger partial charge >= 0.3 is 5.97 Å². The van der Waals surface area contributed by atoms with E-state index in [1.165, 1.54) is 57.8 Å². The Labute approximate surface area is 111 Å². The quantitative estimate of drug-likeness (QED) is 0.365. The van der Waals surface area contributed by atoms with Crippen LogP contribution in [0.3, 0.4) is 0 Å². The largest absolute Gasteiger partial charge is 0.456 e. The summed E-state index contributed by atoms with van der Waals surface area (Å²) < 4.78 is 5.05. The summed E-state index contributed by atoms with van der Waals surface area (Å²) in [5.41, 5.74) is 0. The Morgan fingerprint density at radius 1 is 0.722 bits per heavy atom. The number of ether oxygens (including phenoxy) is 1. The van der Waals surface area contributed by atoms with E-state index in [0.717, 1.165) is 19.3 Å². The van der Waals surface area contributed by atoms with Crippen molar-refractivity contribution in [3.8, 4) is 11.8 Å². The molecular formula is C16H26O2. The predicted octanol–water partition coefficient (Wildman–Crippen LogP) is 4.23. The summed E-state index contributed by atoms with van der Waals surface area (Å²) in [5, 5.41) is 0. The Balaban J connectivity index is 2.21. The molecule has 2 nitrogen and oxygen atoms in total. The van der Waals surface area contributed by atoms with Gasteiger partial charge in [-0.25, -0.2) is 4.79 Å². The number of carbonyl (C=O) groups is 1. The maximum absolute atomic E-state index is 11.2. The van der Waals surface area contributed by atoms with Crippen molar-refractivity contribution in [2.24, 2.45) is 0 Å². The first-order valence-corrected chi connectivity index (χ1v) is 7.55. The van der Waals surface area contributed by atoms with Crippen LogP contribution in [-0.2, 0) is 9.53 Å². The Bertz CT molecular complexity index is 273. The monoisotopic (exact) mass is 250 g/mol. The van der Waals surface area contributed by atoms with Crippen LogP contribution in [0.15, 0.2) is 0 Å². The van der Waals surface area contributed by atoms with E-state index in [9.17, 15) is 4.79 Å².